The molecule has 1 saturated heterocycles. The van der Waals surface area contributed by atoms with Crippen molar-refractivity contribution in [2.24, 2.45) is 22.4 Å². The van der Waals surface area contributed by atoms with E-state index in [0.717, 1.165) is 12.8 Å². The fourth-order valence-electron chi connectivity index (χ4n) is 4.14. The molecule has 1 saturated carbocycles. The quantitative estimate of drug-likeness (QED) is 0.134. The fraction of sp³-hybridized carbons (Fsp3) is 0.792. The minimum absolute atomic E-state index is 0.113. The first-order chi connectivity index (χ1) is 16.8. The normalized spacial score (nSPS) is 21.9. The second kappa shape index (κ2) is 12.4. The molecule has 1 aliphatic carbocycles. The highest BCUT2D eigenvalue weighted by Gasteiger charge is 2.50. The molecule has 1 heterocycles. The molecule has 2 fully saturated rings. The van der Waals surface area contributed by atoms with E-state index in [-0.39, 0.29) is 31.3 Å². The van der Waals surface area contributed by atoms with E-state index in [1.165, 1.54) is 12.0 Å². The molecule has 2 rings (SSSR count). The molecular weight excluding hydrogens is 468 g/mol. The average Bonchev–Trinajstić information content (AvgIpc) is 3.49. The molecule has 1 aliphatic heterocycles. The summed E-state index contributed by atoms with van der Waals surface area (Å²) in [6.07, 6.45) is 2.89. The van der Waals surface area contributed by atoms with Crippen LogP contribution in [0.1, 0.15) is 66.2 Å². The SMILES string of the molecule is COC(=O)C1(NC(=O)OC(C)(C)C)CCN(C(=O)[C@@H](CCCN=C(C)N)NC(=O)[C@H](N)CC2CC2)C1. The molecule has 204 valence electrons. The highest BCUT2D eigenvalue weighted by atomic mass is 16.6. The van der Waals surface area contributed by atoms with Gasteiger partial charge in [0.1, 0.15) is 11.6 Å². The molecule has 6 N–H and O–H groups in total. The van der Waals surface area contributed by atoms with E-state index >= 15 is 0 Å². The van der Waals surface area contributed by atoms with E-state index in [4.69, 9.17) is 20.9 Å². The molecule has 12 nitrogen and oxygen atoms in total. The summed E-state index contributed by atoms with van der Waals surface area (Å²) in [5, 5.41) is 5.40. The van der Waals surface area contributed by atoms with Gasteiger partial charge in [-0.05, 0) is 52.9 Å². The van der Waals surface area contributed by atoms with Crippen LogP contribution in [0.3, 0.4) is 0 Å². The fourth-order valence-corrected chi connectivity index (χ4v) is 4.14. The van der Waals surface area contributed by atoms with E-state index in [9.17, 15) is 19.2 Å². The Morgan fingerprint density at radius 2 is 1.89 bits per heavy atom. The van der Waals surface area contributed by atoms with Crippen LogP contribution in [0.4, 0.5) is 4.79 Å². The van der Waals surface area contributed by atoms with Crippen LogP contribution in [0.5, 0.6) is 0 Å². The smallest absolute Gasteiger partial charge is 0.408 e. The Morgan fingerprint density at radius 1 is 1.22 bits per heavy atom. The summed E-state index contributed by atoms with van der Waals surface area (Å²) in [4.78, 5) is 57.0. The van der Waals surface area contributed by atoms with Gasteiger partial charge in [-0.15, -0.1) is 0 Å². The van der Waals surface area contributed by atoms with Crippen molar-refractivity contribution in [1.82, 2.24) is 15.5 Å². The minimum Gasteiger partial charge on any atom is -0.467 e. The van der Waals surface area contributed by atoms with Crippen LogP contribution < -0.4 is 22.1 Å². The molecule has 0 radical (unpaired) electrons. The Bertz CT molecular complexity index is 849. The van der Waals surface area contributed by atoms with Gasteiger partial charge in [0.15, 0.2) is 5.54 Å². The summed E-state index contributed by atoms with van der Waals surface area (Å²) < 4.78 is 10.2. The minimum atomic E-state index is -1.45. The zero-order valence-electron chi connectivity index (χ0n) is 22.1. The maximum atomic E-state index is 13.5. The number of hydrogen-bond acceptors (Lipinski definition) is 8. The number of hydrogen-bond donors (Lipinski definition) is 4. The van der Waals surface area contributed by atoms with Crippen molar-refractivity contribution < 1.29 is 28.7 Å². The number of methoxy groups -OCH3 is 1. The van der Waals surface area contributed by atoms with Gasteiger partial charge >= 0.3 is 12.1 Å². The van der Waals surface area contributed by atoms with E-state index in [1.807, 2.05) is 0 Å². The molecule has 3 amide bonds. The molecule has 2 aliphatic rings. The number of nitrogens with one attached hydrogen (secondary N) is 2. The highest BCUT2D eigenvalue weighted by Crippen LogP contribution is 2.33. The third kappa shape index (κ3) is 8.96. The van der Waals surface area contributed by atoms with Gasteiger partial charge in [-0.3, -0.25) is 14.6 Å². The van der Waals surface area contributed by atoms with Crippen LogP contribution in [-0.4, -0.2) is 84.6 Å². The summed E-state index contributed by atoms with van der Waals surface area (Å²) in [6, 6.07) is -1.55. The zero-order valence-corrected chi connectivity index (χ0v) is 22.1. The van der Waals surface area contributed by atoms with Crippen molar-refractivity contribution >= 4 is 29.7 Å². The van der Waals surface area contributed by atoms with Crippen LogP contribution in [-0.2, 0) is 23.9 Å². The van der Waals surface area contributed by atoms with Crippen LogP contribution >= 0.6 is 0 Å². The van der Waals surface area contributed by atoms with Gasteiger partial charge in [0, 0.05) is 19.5 Å². The second-order valence-corrected chi connectivity index (χ2v) is 10.7. The standard InChI is InChI=1S/C24H42N6O6/c1-15(25)27-11-6-7-18(28-19(31)17(26)13-16-8-9-16)20(32)30-12-10-24(14-30,21(33)35-5)29-22(34)36-23(2,3)4/h16-18H,6-14,26H2,1-5H3,(H2,25,27)(H,28,31)(H,29,34)/t17-,18-,24?/m1/s1. The van der Waals surface area contributed by atoms with Crippen molar-refractivity contribution in [2.45, 2.75) is 89.4 Å². The Labute approximate surface area is 212 Å². The summed E-state index contributed by atoms with van der Waals surface area (Å²) in [5.41, 5.74) is 9.43. The van der Waals surface area contributed by atoms with E-state index in [2.05, 4.69) is 15.6 Å². The van der Waals surface area contributed by atoms with Gasteiger partial charge in [-0.25, -0.2) is 9.59 Å². The topological polar surface area (TPSA) is 178 Å². The molecule has 12 heteroatoms. The van der Waals surface area contributed by atoms with Gasteiger partial charge in [-0.1, -0.05) is 12.8 Å². The number of likely N-dealkylation sites (tertiary alicyclic amines) is 1. The van der Waals surface area contributed by atoms with Crippen molar-refractivity contribution in [3.05, 3.63) is 0 Å². The number of esters is 1. The molecule has 0 aromatic carbocycles. The number of nitrogens with two attached hydrogens (primary N) is 2. The van der Waals surface area contributed by atoms with Crippen molar-refractivity contribution in [3.8, 4) is 0 Å². The van der Waals surface area contributed by atoms with E-state index in [1.54, 1.807) is 27.7 Å². The molecule has 3 atom stereocenters. The van der Waals surface area contributed by atoms with Gasteiger partial charge in [0.2, 0.25) is 11.8 Å². The van der Waals surface area contributed by atoms with E-state index in [0.29, 0.717) is 37.6 Å². The Kier molecular flexibility index (Phi) is 10.1. The summed E-state index contributed by atoms with van der Waals surface area (Å²) >= 11 is 0. The van der Waals surface area contributed by atoms with Gasteiger partial charge in [0.25, 0.3) is 0 Å². The number of amides is 3. The first-order valence-corrected chi connectivity index (χ1v) is 12.5. The molecule has 0 bridgehead atoms. The summed E-state index contributed by atoms with van der Waals surface area (Å²) in [7, 11) is 1.22. The largest absolute Gasteiger partial charge is 0.467 e. The molecule has 1 unspecified atom stereocenters. The van der Waals surface area contributed by atoms with Crippen LogP contribution in [0.15, 0.2) is 4.99 Å². The Morgan fingerprint density at radius 3 is 2.44 bits per heavy atom. The lowest BCUT2D eigenvalue weighted by atomic mass is 9.99. The maximum Gasteiger partial charge on any atom is 0.408 e. The first kappa shape index (κ1) is 29.3. The van der Waals surface area contributed by atoms with Crippen molar-refractivity contribution in [1.29, 1.82) is 0 Å². The van der Waals surface area contributed by atoms with Gasteiger partial charge < -0.3 is 36.5 Å². The lowest BCUT2D eigenvalue weighted by Crippen LogP contribution is -2.59. The average molecular weight is 511 g/mol. The predicted molar refractivity (Wildman–Crippen MR) is 134 cm³/mol. The third-order valence-corrected chi connectivity index (χ3v) is 6.14. The van der Waals surface area contributed by atoms with Crippen LogP contribution in [0.25, 0.3) is 0 Å². The highest BCUT2D eigenvalue weighted by molar-refractivity contribution is 5.92. The maximum absolute atomic E-state index is 13.5. The molecule has 0 spiro atoms. The van der Waals surface area contributed by atoms with Crippen molar-refractivity contribution in [3.63, 3.8) is 0 Å². The molecule has 0 aromatic rings. The number of carbonyl (C=O) groups is 4. The third-order valence-electron chi connectivity index (χ3n) is 6.14. The Hall–Kier alpha value is -2.89. The lowest BCUT2D eigenvalue weighted by molar-refractivity contribution is -0.148. The van der Waals surface area contributed by atoms with Crippen LogP contribution in [0, 0.1) is 5.92 Å². The van der Waals surface area contributed by atoms with Gasteiger partial charge in [0.05, 0.1) is 25.5 Å². The first-order valence-electron chi connectivity index (χ1n) is 12.5. The number of ether oxygens (including phenoxy) is 2. The number of nitrogens with zero attached hydrogens (tertiary/aromatic N) is 2. The monoisotopic (exact) mass is 510 g/mol. The van der Waals surface area contributed by atoms with Gasteiger partial charge in [-0.2, -0.15) is 0 Å². The number of amidine groups is 1. The number of rotatable bonds is 11. The van der Waals surface area contributed by atoms with E-state index < -0.39 is 35.3 Å². The lowest BCUT2D eigenvalue weighted by Gasteiger charge is -2.30. The van der Waals surface area contributed by atoms with Crippen molar-refractivity contribution in [2.75, 3.05) is 26.7 Å². The summed E-state index contributed by atoms with van der Waals surface area (Å²) in [6.45, 7) is 7.28. The predicted octanol–water partition coefficient (Wildman–Crippen LogP) is 0.425. The number of alkyl carbamates (subject to hydrolysis) is 1. The second-order valence-electron chi connectivity index (χ2n) is 10.7. The molecule has 0 aromatic heterocycles. The van der Waals surface area contributed by atoms with Crippen LogP contribution in [0.2, 0.25) is 0 Å². The summed E-state index contributed by atoms with van der Waals surface area (Å²) in [5.74, 6) is -0.538. The zero-order chi connectivity index (χ0) is 27.1. The Balaban J connectivity index is 2.13. The number of carbonyl (C=O) groups excluding carboxylic acids is 4. The number of aliphatic imine (C=N–C) groups is 1. The molecule has 36 heavy (non-hydrogen) atoms. The molecular formula is C24H42N6O6.